The topological polar surface area (TPSA) is 127 Å². The Morgan fingerprint density at radius 3 is 2.76 bits per heavy atom. The maximum absolute atomic E-state index is 13.1. The third-order valence-electron chi connectivity index (χ3n) is 6.04. The van der Waals surface area contributed by atoms with Gasteiger partial charge in [-0.05, 0) is 36.6 Å². The monoisotopic (exact) mass is 471 g/mol. The second-order valence-corrected chi connectivity index (χ2v) is 9.98. The molecule has 0 spiro atoms. The molecule has 3 aromatic heterocycles. The van der Waals surface area contributed by atoms with E-state index in [9.17, 15) is 18.0 Å². The first-order chi connectivity index (χ1) is 15.8. The van der Waals surface area contributed by atoms with Crippen LogP contribution >= 0.6 is 0 Å². The first-order valence-corrected chi connectivity index (χ1v) is 12.0. The number of carbonyl (C=O) groups is 1. The molecular weight excluding hydrogens is 446 g/mol. The molecule has 174 valence electrons. The molecule has 1 N–H and O–H groups in total. The zero-order valence-corrected chi connectivity index (χ0v) is 19.2. The molecule has 0 radical (unpaired) electrons. The van der Waals surface area contributed by atoms with E-state index in [0.717, 1.165) is 12.0 Å². The number of esters is 1. The molecule has 1 aliphatic carbocycles. The second kappa shape index (κ2) is 9.28. The minimum absolute atomic E-state index is 0.0144. The van der Waals surface area contributed by atoms with Crippen LogP contribution in [-0.2, 0) is 26.0 Å². The first kappa shape index (κ1) is 22.9. The van der Waals surface area contributed by atoms with Crippen molar-refractivity contribution in [1.29, 1.82) is 0 Å². The summed E-state index contributed by atoms with van der Waals surface area (Å²) in [4.78, 5) is 33.1. The molecule has 0 amide bonds. The molecule has 2 atom stereocenters. The highest BCUT2D eigenvalue weighted by Crippen LogP contribution is 2.33. The predicted molar refractivity (Wildman–Crippen MR) is 119 cm³/mol. The number of methoxy groups -OCH3 is 1. The van der Waals surface area contributed by atoms with E-state index < -0.39 is 28.0 Å². The SMILES string of the molecule is COC(=O)[C@H]1CCC[C@H]1N(C)S(=O)(=O)c1ccc(-n2[nH]cc(Cc3cccnc3)c2=O)nc1. The van der Waals surface area contributed by atoms with Crippen molar-refractivity contribution in [3.05, 3.63) is 70.5 Å². The number of hydrogen-bond donors (Lipinski definition) is 1. The van der Waals surface area contributed by atoms with E-state index in [1.54, 1.807) is 24.7 Å². The summed E-state index contributed by atoms with van der Waals surface area (Å²) in [5, 5.41) is 2.87. The van der Waals surface area contributed by atoms with Gasteiger partial charge in [0.2, 0.25) is 10.0 Å². The Bertz CT molecular complexity index is 1280. The fraction of sp³-hybridized carbons (Fsp3) is 0.364. The fourth-order valence-electron chi connectivity index (χ4n) is 4.23. The molecule has 0 aliphatic heterocycles. The van der Waals surface area contributed by atoms with Gasteiger partial charge in [0.1, 0.15) is 4.90 Å². The number of nitrogens with one attached hydrogen (secondary N) is 1. The molecule has 0 aromatic carbocycles. The Morgan fingerprint density at radius 2 is 2.09 bits per heavy atom. The summed E-state index contributed by atoms with van der Waals surface area (Å²) in [6.07, 6.45) is 8.51. The fourth-order valence-corrected chi connectivity index (χ4v) is 5.60. The van der Waals surface area contributed by atoms with Gasteiger partial charge >= 0.3 is 5.97 Å². The van der Waals surface area contributed by atoms with Crippen molar-refractivity contribution in [2.75, 3.05) is 14.2 Å². The maximum Gasteiger partial charge on any atom is 0.310 e. The third-order valence-corrected chi connectivity index (χ3v) is 7.91. The third kappa shape index (κ3) is 4.46. The molecule has 10 nitrogen and oxygen atoms in total. The highest BCUT2D eigenvalue weighted by Gasteiger charge is 2.41. The predicted octanol–water partition coefficient (Wildman–Crippen LogP) is 1.51. The van der Waals surface area contributed by atoms with Crippen LogP contribution in [0.5, 0.6) is 0 Å². The van der Waals surface area contributed by atoms with Gasteiger partial charge < -0.3 is 4.74 Å². The van der Waals surface area contributed by atoms with Crippen LogP contribution in [0.2, 0.25) is 0 Å². The number of aromatic amines is 1. The summed E-state index contributed by atoms with van der Waals surface area (Å²) < 4.78 is 33.6. The van der Waals surface area contributed by atoms with E-state index in [-0.39, 0.29) is 16.3 Å². The average Bonchev–Trinajstić information content (AvgIpc) is 3.46. The van der Waals surface area contributed by atoms with Gasteiger partial charge in [0.05, 0.1) is 13.0 Å². The molecule has 1 fully saturated rings. The summed E-state index contributed by atoms with van der Waals surface area (Å²) in [7, 11) is -1.11. The lowest BCUT2D eigenvalue weighted by Crippen LogP contribution is -2.42. The van der Waals surface area contributed by atoms with Crippen LogP contribution in [0, 0.1) is 5.92 Å². The summed E-state index contributed by atoms with van der Waals surface area (Å²) in [6.45, 7) is 0. The number of sulfonamides is 1. The van der Waals surface area contributed by atoms with Crippen LogP contribution in [0.1, 0.15) is 30.4 Å². The average molecular weight is 472 g/mol. The number of carbonyl (C=O) groups excluding carboxylic acids is 1. The lowest BCUT2D eigenvalue weighted by molar-refractivity contribution is -0.146. The Morgan fingerprint density at radius 1 is 1.27 bits per heavy atom. The normalized spacial score (nSPS) is 18.5. The van der Waals surface area contributed by atoms with Crippen LogP contribution in [-0.4, -0.2) is 58.6 Å². The van der Waals surface area contributed by atoms with E-state index in [2.05, 4.69) is 15.1 Å². The molecule has 4 rings (SSSR count). The number of rotatable bonds is 7. The van der Waals surface area contributed by atoms with Gasteiger partial charge in [0, 0.05) is 49.9 Å². The smallest absolute Gasteiger partial charge is 0.310 e. The molecule has 0 bridgehead atoms. The molecule has 0 saturated heterocycles. The summed E-state index contributed by atoms with van der Waals surface area (Å²) in [5.74, 6) is -0.619. The molecule has 3 heterocycles. The molecule has 0 unspecified atom stereocenters. The maximum atomic E-state index is 13.1. The van der Waals surface area contributed by atoms with E-state index in [1.165, 1.54) is 41.5 Å². The Kier molecular flexibility index (Phi) is 6.43. The largest absolute Gasteiger partial charge is 0.469 e. The van der Waals surface area contributed by atoms with Gasteiger partial charge in [0.15, 0.2) is 5.82 Å². The minimum Gasteiger partial charge on any atom is -0.469 e. The van der Waals surface area contributed by atoms with Gasteiger partial charge in [-0.25, -0.2) is 18.1 Å². The van der Waals surface area contributed by atoms with Crippen LogP contribution in [0.25, 0.3) is 5.82 Å². The van der Waals surface area contributed by atoms with Crippen molar-refractivity contribution >= 4 is 16.0 Å². The van der Waals surface area contributed by atoms with Crippen LogP contribution < -0.4 is 5.56 Å². The molecule has 33 heavy (non-hydrogen) atoms. The minimum atomic E-state index is -3.88. The zero-order valence-electron chi connectivity index (χ0n) is 18.3. The quantitative estimate of drug-likeness (QED) is 0.518. The van der Waals surface area contributed by atoms with Gasteiger partial charge in [-0.3, -0.25) is 19.7 Å². The van der Waals surface area contributed by atoms with Crippen molar-refractivity contribution < 1.29 is 17.9 Å². The highest BCUT2D eigenvalue weighted by molar-refractivity contribution is 7.89. The van der Waals surface area contributed by atoms with Crippen LogP contribution in [0.4, 0.5) is 0 Å². The van der Waals surface area contributed by atoms with E-state index in [0.29, 0.717) is 24.8 Å². The number of ether oxygens (including phenoxy) is 1. The molecule has 11 heteroatoms. The first-order valence-electron chi connectivity index (χ1n) is 10.5. The van der Waals surface area contributed by atoms with Crippen molar-refractivity contribution in [1.82, 2.24) is 24.1 Å². The molecule has 3 aromatic rings. The van der Waals surface area contributed by atoms with Gasteiger partial charge in [-0.2, -0.15) is 4.31 Å². The lowest BCUT2D eigenvalue weighted by atomic mass is 10.0. The van der Waals surface area contributed by atoms with Gasteiger partial charge in [-0.1, -0.05) is 12.5 Å². The Hall–Kier alpha value is -3.31. The molecule has 1 saturated carbocycles. The van der Waals surface area contributed by atoms with Crippen molar-refractivity contribution in [2.24, 2.45) is 5.92 Å². The Labute approximate surface area is 191 Å². The zero-order chi connectivity index (χ0) is 23.6. The van der Waals surface area contributed by atoms with Crippen LogP contribution in [0.15, 0.2) is 58.7 Å². The van der Waals surface area contributed by atoms with Crippen molar-refractivity contribution in [2.45, 2.75) is 36.6 Å². The number of hydrogen-bond acceptors (Lipinski definition) is 7. The standard InChI is InChI=1S/C22H25N5O5S/c1-26(19-7-3-6-18(19)22(29)32-2)33(30,31)17-8-9-20(24-14-17)27-21(28)16(13-25-27)11-15-5-4-10-23-12-15/h4-5,8-10,12-14,18-19,25H,3,6-7,11H2,1-2H3/t18-,19+/m0/s1. The summed E-state index contributed by atoms with van der Waals surface area (Å²) in [5.41, 5.74) is 1.16. The van der Waals surface area contributed by atoms with E-state index in [1.807, 2.05) is 6.07 Å². The van der Waals surface area contributed by atoms with Gasteiger partial charge in [0.25, 0.3) is 5.56 Å². The van der Waals surface area contributed by atoms with E-state index >= 15 is 0 Å². The molecule has 1 aliphatic rings. The van der Waals surface area contributed by atoms with Crippen LogP contribution in [0.3, 0.4) is 0 Å². The number of pyridine rings is 2. The second-order valence-electron chi connectivity index (χ2n) is 7.98. The van der Waals surface area contributed by atoms with Gasteiger partial charge in [-0.15, -0.1) is 0 Å². The van der Waals surface area contributed by atoms with E-state index in [4.69, 9.17) is 4.74 Å². The van der Waals surface area contributed by atoms with Crippen molar-refractivity contribution in [3.63, 3.8) is 0 Å². The number of nitrogens with zero attached hydrogens (tertiary/aromatic N) is 4. The number of H-pyrrole nitrogens is 1. The lowest BCUT2D eigenvalue weighted by Gasteiger charge is -2.27. The molecular formula is C22H25N5O5S. The van der Waals surface area contributed by atoms with Crippen molar-refractivity contribution in [3.8, 4) is 5.82 Å². The highest BCUT2D eigenvalue weighted by atomic mass is 32.2. The summed E-state index contributed by atoms with van der Waals surface area (Å²) in [6, 6.07) is 6.09. The summed E-state index contributed by atoms with van der Waals surface area (Å²) >= 11 is 0. The Balaban J connectivity index is 1.55. The number of aromatic nitrogens is 4.